The third-order valence-electron chi connectivity index (χ3n) is 3.59. The molecule has 1 aromatic carbocycles. The minimum Gasteiger partial charge on any atom is -0.493 e. The van der Waals surface area contributed by atoms with Crippen LogP contribution < -0.4 is 20.1 Å². The normalized spacial score (nSPS) is 17.0. The highest BCUT2D eigenvalue weighted by Gasteiger charge is 2.31. The topological polar surface area (TPSA) is 68.8 Å². The lowest BCUT2D eigenvalue weighted by molar-refractivity contribution is -0.139. The average molecular weight is 350 g/mol. The summed E-state index contributed by atoms with van der Waals surface area (Å²) < 4.78 is 16.1. The van der Waals surface area contributed by atoms with Crippen LogP contribution in [0.4, 0.5) is 0 Å². The molecule has 1 atom stereocenters. The van der Waals surface area contributed by atoms with E-state index in [-0.39, 0.29) is 5.97 Å². The summed E-state index contributed by atoms with van der Waals surface area (Å²) in [5.74, 6) is 0.872. The van der Waals surface area contributed by atoms with Crippen LogP contribution in [0.1, 0.15) is 32.4 Å². The number of hydrogen-bond acceptors (Lipinski definition) is 5. The second kappa shape index (κ2) is 8.01. The minimum atomic E-state index is -0.414. The average Bonchev–Trinajstić information content (AvgIpc) is 2.54. The number of esters is 1. The lowest BCUT2D eigenvalue weighted by Gasteiger charge is -2.30. The molecule has 0 aliphatic carbocycles. The Morgan fingerprint density at radius 2 is 2.00 bits per heavy atom. The van der Waals surface area contributed by atoms with E-state index in [1.807, 2.05) is 25.1 Å². The molecular weight excluding hydrogens is 328 g/mol. The molecule has 0 fully saturated rings. The second-order valence-corrected chi connectivity index (χ2v) is 5.54. The zero-order valence-corrected chi connectivity index (χ0v) is 15.1. The van der Waals surface area contributed by atoms with Crippen molar-refractivity contribution in [3.05, 3.63) is 35.0 Å². The van der Waals surface area contributed by atoms with Crippen molar-refractivity contribution in [3.63, 3.8) is 0 Å². The number of hydrogen-bond donors (Lipinski definition) is 2. The molecule has 0 spiro atoms. The van der Waals surface area contributed by atoms with E-state index in [2.05, 4.69) is 10.6 Å². The molecule has 2 rings (SSSR count). The summed E-state index contributed by atoms with van der Waals surface area (Å²) in [4.78, 5) is 12.4. The first-order valence-corrected chi connectivity index (χ1v) is 8.18. The molecular formula is C17H22N2O4S. The van der Waals surface area contributed by atoms with E-state index in [9.17, 15) is 4.79 Å². The maximum atomic E-state index is 12.4. The van der Waals surface area contributed by atoms with Crippen molar-refractivity contribution in [1.82, 2.24) is 10.6 Å². The highest BCUT2D eigenvalue weighted by Crippen LogP contribution is 2.34. The lowest BCUT2D eigenvalue weighted by Crippen LogP contribution is -2.45. The Balaban J connectivity index is 2.47. The van der Waals surface area contributed by atoms with Crippen molar-refractivity contribution in [2.45, 2.75) is 26.8 Å². The molecule has 0 radical (unpaired) electrons. The maximum absolute atomic E-state index is 12.4. The predicted octanol–water partition coefficient (Wildman–Crippen LogP) is 2.45. The number of allylic oxidation sites excluding steroid dienone is 1. The molecule has 1 aliphatic rings. The smallest absolute Gasteiger partial charge is 0.338 e. The van der Waals surface area contributed by atoms with E-state index in [0.29, 0.717) is 41.1 Å². The van der Waals surface area contributed by atoms with Gasteiger partial charge in [-0.1, -0.05) is 6.07 Å². The minimum absolute atomic E-state index is 0.305. The van der Waals surface area contributed by atoms with E-state index in [1.165, 1.54) is 0 Å². The number of rotatable bonds is 6. The first-order chi connectivity index (χ1) is 11.5. The van der Waals surface area contributed by atoms with Crippen LogP contribution in [0.2, 0.25) is 0 Å². The van der Waals surface area contributed by atoms with Gasteiger partial charge in [-0.25, -0.2) is 4.79 Å². The van der Waals surface area contributed by atoms with Gasteiger partial charge < -0.3 is 24.8 Å². The predicted molar refractivity (Wildman–Crippen MR) is 95.1 cm³/mol. The second-order valence-electron chi connectivity index (χ2n) is 5.13. The summed E-state index contributed by atoms with van der Waals surface area (Å²) >= 11 is 5.23. The van der Waals surface area contributed by atoms with E-state index < -0.39 is 6.04 Å². The molecule has 0 bridgehead atoms. The van der Waals surface area contributed by atoms with Gasteiger partial charge in [-0.2, -0.15) is 0 Å². The van der Waals surface area contributed by atoms with Crippen LogP contribution in [-0.2, 0) is 9.53 Å². The highest BCUT2D eigenvalue weighted by molar-refractivity contribution is 7.80. The zero-order chi connectivity index (χ0) is 17.7. The van der Waals surface area contributed by atoms with Gasteiger partial charge in [0.15, 0.2) is 16.6 Å². The number of carbonyl (C=O) groups excluding carboxylic acids is 1. The molecule has 0 saturated heterocycles. The fourth-order valence-electron chi connectivity index (χ4n) is 2.56. The van der Waals surface area contributed by atoms with Crippen LogP contribution in [0.3, 0.4) is 0 Å². The van der Waals surface area contributed by atoms with Gasteiger partial charge >= 0.3 is 5.97 Å². The van der Waals surface area contributed by atoms with Gasteiger partial charge in [0, 0.05) is 5.70 Å². The summed E-state index contributed by atoms with van der Waals surface area (Å²) in [6.45, 7) is 6.30. The molecule has 1 heterocycles. The number of nitrogens with one attached hydrogen (secondary N) is 2. The fourth-order valence-corrected chi connectivity index (χ4v) is 2.84. The van der Waals surface area contributed by atoms with Gasteiger partial charge in [0.25, 0.3) is 0 Å². The number of ether oxygens (including phenoxy) is 3. The Morgan fingerprint density at radius 1 is 1.25 bits per heavy atom. The zero-order valence-electron chi connectivity index (χ0n) is 14.3. The van der Waals surface area contributed by atoms with Crippen molar-refractivity contribution >= 4 is 23.3 Å². The third-order valence-corrected chi connectivity index (χ3v) is 3.81. The van der Waals surface area contributed by atoms with Gasteiger partial charge in [-0.15, -0.1) is 0 Å². The first-order valence-electron chi connectivity index (χ1n) is 7.77. The molecule has 2 N–H and O–H groups in total. The van der Waals surface area contributed by atoms with Crippen LogP contribution in [0.15, 0.2) is 29.5 Å². The van der Waals surface area contributed by atoms with Gasteiger partial charge in [0.05, 0.1) is 31.9 Å². The third kappa shape index (κ3) is 3.79. The monoisotopic (exact) mass is 350 g/mol. The molecule has 0 unspecified atom stereocenters. The van der Waals surface area contributed by atoms with Crippen molar-refractivity contribution in [2.24, 2.45) is 0 Å². The van der Waals surface area contributed by atoms with E-state index in [1.54, 1.807) is 21.0 Å². The summed E-state index contributed by atoms with van der Waals surface area (Å²) in [7, 11) is 1.59. The van der Waals surface area contributed by atoms with Gasteiger partial charge in [0.2, 0.25) is 0 Å². The van der Waals surface area contributed by atoms with Crippen LogP contribution in [0.5, 0.6) is 11.5 Å². The quantitative estimate of drug-likeness (QED) is 0.603. The van der Waals surface area contributed by atoms with E-state index >= 15 is 0 Å². The van der Waals surface area contributed by atoms with E-state index in [0.717, 1.165) is 5.56 Å². The molecule has 0 amide bonds. The summed E-state index contributed by atoms with van der Waals surface area (Å²) in [6, 6.07) is 5.12. The number of thiocarbonyl (C=S) groups is 1. The van der Waals surface area contributed by atoms with Crippen molar-refractivity contribution in [1.29, 1.82) is 0 Å². The molecule has 1 aliphatic heterocycles. The number of carbonyl (C=O) groups is 1. The van der Waals surface area contributed by atoms with Gasteiger partial charge in [0.1, 0.15) is 0 Å². The largest absolute Gasteiger partial charge is 0.493 e. The van der Waals surface area contributed by atoms with Crippen molar-refractivity contribution in [2.75, 3.05) is 20.3 Å². The standard InChI is InChI=1S/C17H22N2O4S/c1-5-22-13-9-11(7-8-12(13)21-4)15-14(16(20)23-6-2)10(3)18-17(24)19-15/h7-9,15H,5-6H2,1-4H3,(H2,18,19,24)/t15-/m0/s1. The maximum Gasteiger partial charge on any atom is 0.338 e. The molecule has 0 aromatic heterocycles. The Bertz CT molecular complexity index is 673. The van der Waals surface area contributed by atoms with Crippen LogP contribution in [-0.4, -0.2) is 31.4 Å². The van der Waals surface area contributed by atoms with E-state index in [4.69, 9.17) is 26.4 Å². The molecule has 24 heavy (non-hydrogen) atoms. The van der Waals surface area contributed by atoms with Crippen molar-refractivity contribution < 1.29 is 19.0 Å². The number of methoxy groups -OCH3 is 1. The molecule has 7 heteroatoms. The summed E-state index contributed by atoms with van der Waals surface area (Å²) in [5.41, 5.74) is 2.01. The van der Waals surface area contributed by atoms with Gasteiger partial charge in [-0.3, -0.25) is 0 Å². The molecule has 0 saturated carbocycles. The fraction of sp³-hybridized carbons (Fsp3) is 0.412. The van der Waals surface area contributed by atoms with Crippen LogP contribution in [0, 0.1) is 0 Å². The van der Waals surface area contributed by atoms with Crippen molar-refractivity contribution in [3.8, 4) is 11.5 Å². The Morgan fingerprint density at radius 3 is 2.62 bits per heavy atom. The summed E-state index contributed by atoms with van der Waals surface area (Å²) in [5, 5.41) is 6.56. The molecule has 1 aromatic rings. The van der Waals surface area contributed by atoms with Crippen LogP contribution >= 0.6 is 12.2 Å². The molecule has 130 valence electrons. The Labute approximate surface area is 147 Å². The SMILES string of the molecule is CCOC(=O)C1=C(C)NC(=S)N[C@H]1c1ccc(OC)c(OCC)c1. The lowest BCUT2D eigenvalue weighted by atomic mass is 9.95. The summed E-state index contributed by atoms with van der Waals surface area (Å²) in [6.07, 6.45) is 0. The van der Waals surface area contributed by atoms with Gasteiger partial charge in [-0.05, 0) is 50.7 Å². The Hall–Kier alpha value is -2.28. The molecule has 6 nitrogen and oxygen atoms in total. The number of benzene rings is 1. The highest BCUT2D eigenvalue weighted by atomic mass is 32.1. The Kier molecular flexibility index (Phi) is 6.03. The first kappa shape index (κ1) is 18.1. The van der Waals surface area contributed by atoms with Crippen LogP contribution in [0.25, 0.3) is 0 Å².